The fourth-order valence-corrected chi connectivity index (χ4v) is 12.2. The number of carbonyl (C=O) groups excluding carboxylic acids is 1. The van der Waals surface area contributed by atoms with Crippen molar-refractivity contribution in [2.45, 2.75) is 144 Å². The molecule has 5 unspecified atom stereocenters. The van der Waals surface area contributed by atoms with Gasteiger partial charge in [-0.05, 0) is 137 Å². The van der Waals surface area contributed by atoms with Gasteiger partial charge >= 0.3 is 5.97 Å². The van der Waals surface area contributed by atoms with Crippen LogP contribution in [-0.4, -0.2) is 37.9 Å². The van der Waals surface area contributed by atoms with Gasteiger partial charge in [-0.15, -0.1) is 0 Å². The fourth-order valence-electron chi connectivity index (χ4n) is 12.2. The average molecular weight is 655 g/mol. The van der Waals surface area contributed by atoms with E-state index in [1.54, 1.807) is 0 Å². The third-order valence-electron chi connectivity index (χ3n) is 14.8. The topological polar surface area (TPSA) is 38.3 Å². The molecule has 4 saturated carbocycles. The fraction of sp³-hybridized carbons (Fsp3) is 0.829. The summed E-state index contributed by atoms with van der Waals surface area (Å²) in [4.78, 5) is 12.7. The number of ether oxygens (including phenoxy) is 1. The van der Waals surface area contributed by atoms with Crippen LogP contribution in [0.1, 0.15) is 132 Å². The first kappa shape index (κ1) is 36.2. The molecule has 46 heavy (non-hydrogen) atoms. The van der Waals surface area contributed by atoms with Crippen molar-refractivity contribution in [2.24, 2.45) is 51.8 Å². The summed E-state index contributed by atoms with van der Waals surface area (Å²) in [6.07, 6.45) is 18.2. The van der Waals surface area contributed by atoms with Crippen molar-refractivity contribution < 1.29 is 21.9 Å². The highest BCUT2D eigenvalue weighted by Gasteiger charge is 2.60. The predicted octanol–water partition coefficient (Wildman–Crippen LogP) is 6.76. The summed E-state index contributed by atoms with van der Waals surface area (Å²) in [6, 6.07) is 12.0. The average Bonchev–Trinajstić information content (AvgIpc) is 3.38. The van der Waals surface area contributed by atoms with Gasteiger partial charge in [0.05, 0.1) is 18.5 Å². The smallest absolute Gasteiger partial charge is 0.315 e. The highest BCUT2D eigenvalue weighted by atomic mass is 35.5. The van der Waals surface area contributed by atoms with Crippen molar-refractivity contribution in [1.29, 1.82) is 0 Å². The van der Waals surface area contributed by atoms with E-state index in [1.165, 1.54) is 76.3 Å². The summed E-state index contributed by atoms with van der Waals surface area (Å²) in [6.45, 7) is 18.8. The van der Waals surface area contributed by atoms with Gasteiger partial charge in [-0.2, -0.15) is 0 Å². The number of nitrogens with one attached hydrogen (secondary N) is 1. The number of hydrogen-bond donors (Lipinski definition) is 1. The first-order chi connectivity index (χ1) is 21.4. The summed E-state index contributed by atoms with van der Waals surface area (Å²) >= 11 is 0. The van der Waals surface area contributed by atoms with E-state index in [0.29, 0.717) is 29.6 Å². The minimum Gasteiger partial charge on any atom is -1.00 e. The lowest BCUT2D eigenvalue weighted by atomic mass is 9.44. The molecule has 0 spiro atoms. The van der Waals surface area contributed by atoms with Crippen molar-refractivity contribution in [2.75, 3.05) is 19.8 Å². The molecule has 0 aromatic heterocycles. The molecule has 1 aromatic carbocycles. The van der Waals surface area contributed by atoms with Gasteiger partial charge in [0, 0.05) is 24.9 Å². The Balaban J connectivity index is 0.00000417. The summed E-state index contributed by atoms with van der Waals surface area (Å²) in [5, 5.41) is 4.21. The molecule has 4 nitrogen and oxygen atoms in total. The van der Waals surface area contributed by atoms with Crippen molar-refractivity contribution in [1.82, 2.24) is 9.80 Å². The number of nitrogens with zero attached hydrogens (tertiary/aromatic N) is 1. The van der Waals surface area contributed by atoms with E-state index < -0.39 is 5.41 Å². The van der Waals surface area contributed by atoms with Crippen molar-refractivity contribution >= 4 is 11.7 Å². The highest BCUT2D eigenvalue weighted by Crippen LogP contribution is 2.68. The van der Waals surface area contributed by atoms with Gasteiger partial charge in [-0.25, -0.2) is 0 Å². The van der Waals surface area contributed by atoms with Crippen LogP contribution in [0.25, 0.3) is 0 Å². The van der Waals surface area contributed by atoms with Crippen molar-refractivity contribution in [3.05, 3.63) is 30.3 Å². The standard InChI is InChI=1S/C41H67N2O2.ClH/c1-8-12-29(2)35-17-18-36-34-16-15-30-27-32(19-23-40(30,6)37(34)20-24-41(35,36)7)42-31-21-25-43(26-22-31,33-13-10-9-11-14-33)28-45-38(44)39(3,4)5;/h9-11,13-14,29-32,34-37,42H,8,12,15-28H2,1-7H3;1H/q+1;/p-1/t29-,30?,31?,32?,34?,35-,36?,37?,40+,41-,43?;/m1./s1. The number of piperidine rings is 1. The van der Waals surface area contributed by atoms with Crippen LogP contribution in [0.3, 0.4) is 0 Å². The molecule has 1 heterocycles. The molecule has 1 N–H and O–H groups in total. The Hall–Kier alpha value is -1.10. The number of hydrogen-bond acceptors (Lipinski definition) is 3. The lowest BCUT2D eigenvalue weighted by Crippen LogP contribution is -3.00. The Labute approximate surface area is 288 Å². The number of para-hydroxylation sites is 1. The minimum atomic E-state index is -0.473. The Morgan fingerprint density at radius 3 is 2.26 bits per heavy atom. The first-order valence-corrected chi connectivity index (χ1v) is 19.2. The molecular weight excluding hydrogens is 588 g/mol. The number of likely N-dealkylation sites (tertiary alicyclic amines) is 1. The molecule has 6 rings (SSSR count). The van der Waals surface area contributed by atoms with Gasteiger partial charge in [0.25, 0.3) is 0 Å². The highest BCUT2D eigenvalue weighted by molar-refractivity contribution is 5.75. The van der Waals surface area contributed by atoms with Crippen LogP contribution in [0.2, 0.25) is 0 Å². The normalized spacial score (nSPS) is 41.3. The van der Waals surface area contributed by atoms with Crippen LogP contribution in [0.4, 0.5) is 5.69 Å². The number of benzene rings is 1. The second-order valence-electron chi connectivity index (χ2n) is 18.3. The van der Waals surface area contributed by atoms with Gasteiger partial charge < -0.3 is 22.5 Å². The number of rotatable bonds is 8. The number of quaternary nitrogens is 1. The van der Waals surface area contributed by atoms with Gasteiger partial charge in [-0.1, -0.05) is 58.7 Å². The van der Waals surface area contributed by atoms with E-state index in [1.807, 2.05) is 20.8 Å². The van der Waals surface area contributed by atoms with E-state index in [4.69, 9.17) is 4.74 Å². The molecule has 9 atom stereocenters. The summed E-state index contributed by atoms with van der Waals surface area (Å²) < 4.78 is 6.73. The molecule has 5 aliphatic rings. The Morgan fingerprint density at radius 2 is 1.59 bits per heavy atom. The summed E-state index contributed by atoms with van der Waals surface area (Å²) in [5.41, 5.74) is 1.97. The zero-order valence-electron chi connectivity index (χ0n) is 30.5. The van der Waals surface area contributed by atoms with E-state index in [2.05, 4.69) is 63.3 Å². The SMILES string of the molecule is CCC[C@@H](C)[C@H]1CCC2C3CCC4CC(NC5CC[N+](COC(=O)C(C)(C)C)(c6ccccc6)CC5)CC[C@]4(C)C3CC[C@@]21C.[Cl-]. The minimum absolute atomic E-state index is 0. The third-order valence-corrected chi connectivity index (χ3v) is 14.8. The van der Waals surface area contributed by atoms with Crippen LogP contribution >= 0.6 is 0 Å². The molecule has 5 fully saturated rings. The monoisotopic (exact) mass is 654 g/mol. The molecule has 1 aromatic rings. The number of carbonyl (C=O) groups is 1. The molecule has 260 valence electrons. The summed E-state index contributed by atoms with van der Waals surface area (Å²) in [5.74, 6) is 5.61. The van der Waals surface area contributed by atoms with Crippen molar-refractivity contribution in [3.8, 4) is 0 Å². The lowest BCUT2D eigenvalue weighted by molar-refractivity contribution is -0.158. The maximum Gasteiger partial charge on any atom is 0.315 e. The number of fused-ring (bicyclic) bond motifs is 5. The van der Waals surface area contributed by atoms with Gasteiger partial charge in [0.1, 0.15) is 5.69 Å². The van der Waals surface area contributed by atoms with Crippen LogP contribution in [-0.2, 0) is 9.53 Å². The summed E-state index contributed by atoms with van der Waals surface area (Å²) in [7, 11) is 0. The number of halogens is 1. The zero-order valence-corrected chi connectivity index (χ0v) is 31.2. The van der Waals surface area contributed by atoms with E-state index >= 15 is 0 Å². The Morgan fingerprint density at radius 1 is 0.913 bits per heavy atom. The van der Waals surface area contributed by atoms with E-state index in [-0.39, 0.29) is 18.4 Å². The maximum absolute atomic E-state index is 12.7. The molecule has 0 amide bonds. The lowest BCUT2D eigenvalue weighted by Gasteiger charge is -2.61. The molecule has 0 bridgehead atoms. The van der Waals surface area contributed by atoms with Gasteiger partial charge in [0.15, 0.2) is 0 Å². The quantitative estimate of drug-likeness (QED) is 0.249. The van der Waals surface area contributed by atoms with Crippen LogP contribution in [0, 0.1) is 51.8 Å². The second-order valence-corrected chi connectivity index (χ2v) is 18.3. The van der Waals surface area contributed by atoms with Crippen LogP contribution in [0.5, 0.6) is 0 Å². The number of esters is 1. The first-order valence-electron chi connectivity index (χ1n) is 19.2. The Kier molecular flexibility index (Phi) is 11.0. The van der Waals surface area contributed by atoms with E-state index in [9.17, 15) is 4.79 Å². The predicted molar refractivity (Wildman–Crippen MR) is 188 cm³/mol. The zero-order chi connectivity index (χ0) is 32.0. The molecule has 1 saturated heterocycles. The van der Waals surface area contributed by atoms with Crippen molar-refractivity contribution in [3.63, 3.8) is 0 Å². The van der Waals surface area contributed by atoms with Gasteiger partial charge in [0.2, 0.25) is 6.73 Å². The van der Waals surface area contributed by atoms with Gasteiger partial charge in [-0.3, -0.25) is 9.28 Å². The molecule has 1 aliphatic heterocycles. The van der Waals surface area contributed by atoms with Crippen LogP contribution < -0.4 is 22.2 Å². The third kappa shape index (κ3) is 6.72. The molecule has 4 aliphatic carbocycles. The second kappa shape index (κ2) is 14.0. The van der Waals surface area contributed by atoms with Crippen LogP contribution in [0.15, 0.2) is 30.3 Å². The largest absolute Gasteiger partial charge is 1.00 e. The molecule has 5 heteroatoms. The molecule has 0 radical (unpaired) electrons. The maximum atomic E-state index is 12.7. The Bertz CT molecular complexity index is 1160. The van der Waals surface area contributed by atoms with E-state index in [0.717, 1.165) is 65.9 Å². The molecular formula is C41H67ClN2O2.